The van der Waals surface area contributed by atoms with Crippen molar-refractivity contribution in [1.29, 1.82) is 0 Å². The number of hydrogen-bond donors (Lipinski definition) is 1. The second kappa shape index (κ2) is 6.66. The third kappa shape index (κ3) is 4.55. The van der Waals surface area contributed by atoms with E-state index in [9.17, 15) is 0 Å². The van der Waals surface area contributed by atoms with Crippen LogP contribution in [0.1, 0.15) is 57.8 Å². The van der Waals surface area contributed by atoms with Crippen molar-refractivity contribution >= 4 is 0 Å². The van der Waals surface area contributed by atoms with Crippen LogP contribution in [0.15, 0.2) is 12.4 Å². The summed E-state index contributed by atoms with van der Waals surface area (Å²) >= 11 is 0. The lowest BCUT2D eigenvalue weighted by molar-refractivity contribution is 0.149. The molecule has 0 aromatic carbocycles. The van der Waals surface area contributed by atoms with Gasteiger partial charge < -0.3 is 5.32 Å². The average Bonchev–Trinajstić information content (AvgIpc) is 2.41. The Morgan fingerprint density at radius 3 is 2.35 bits per heavy atom. The molecule has 0 spiro atoms. The smallest absolute Gasteiger partial charge is 0.0724 e. The first-order valence-corrected chi connectivity index (χ1v) is 7.93. The van der Waals surface area contributed by atoms with E-state index in [2.05, 4.69) is 36.1 Å². The Morgan fingerprint density at radius 1 is 1.10 bits per heavy atom. The largest absolute Gasteiger partial charge is 0.311 e. The molecular weight excluding hydrogens is 246 g/mol. The van der Waals surface area contributed by atoms with Gasteiger partial charge in [0.2, 0.25) is 0 Å². The molecule has 1 aromatic rings. The van der Waals surface area contributed by atoms with Gasteiger partial charge in [-0.1, -0.05) is 20.8 Å². The van der Waals surface area contributed by atoms with Crippen LogP contribution in [0.2, 0.25) is 0 Å². The molecular formula is C17H29N3. The molecule has 2 rings (SSSR count). The van der Waals surface area contributed by atoms with E-state index >= 15 is 0 Å². The second-order valence-electron chi connectivity index (χ2n) is 7.36. The molecule has 3 heteroatoms. The lowest BCUT2D eigenvalue weighted by Crippen LogP contribution is -2.30. The Morgan fingerprint density at radius 2 is 1.80 bits per heavy atom. The molecule has 3 nitrogen and oxygen atoms in total. The number of aromatic nitrogens is 2. The molecule has 0 saturated heterocycles. The molecule has 1 N–H and O–H groups in total. The predicted octanol–water partition coefficient (Wildman–Crippen LogP) is 3.73. The van der Waals surface area contributed by atoms with Crippen LogP contribution in [0.25, 0.3) is 0 Å². The fourth-order valence-corrected chi connectivity index (χ4v) is 3.15. The summed E-state index contributed by atoms with van der Waals surface area (Å²) in [4.78, 5) is 8.66. The van der Waals surface area contributed by atoms with Gasteiger partial charge in [-0.25, -0.2) is 0 Å². The Bertz CT molecular complexity index is 397. The van der Waals surface area contributed by atoms with Crippen molar-refractivity contribution in [2.24, 2.45) is 17.3 Å². The Labute approximate surface area is 123 Å². The minimum atomic E-state index is 0.482. The van der Waals surface area contributed by atoms with Gasteiger partial charge in [-0.3, -0.25) is 9.97 Å². The topological polar surface area (TPSA) is 37.8 Å². The zero-order valence-corrected chi connectivity index (χ0v) is 13.4. The van der Waals surface area contributed by atoms with Crippen molar-refractivity contribution in [1.82, 2.24) is 15.3 Å². The van der Waals surface area contributed by atoms with Crippen molar-refractivity contribution in [2.75, 3.05) is 6.54 Å². The molecule has 1 heterocycles. The monoisotopic (exact) mass is 275 g/mol. The van der Waals surface area contributed by atoms with Gasteiger partial charge >= 0.3 is 0 Å². The first-order chi connectivity index (χ1) is 9.45. The molecule has 0 unspecified atom stereocenters. The van der Waals surface area contributed by atoms with Gasteiger partial charge in [0.25, 0.3) is 0 Å². The maximum Gasteiger partial charge on any atom is 0.0724 e. The van der Waals surface area contributed by atoms with E-state index in [1.54, 1.807) is 0 Å². The summed E-state index contributed by atoms with van der Waals surface area (Å²) in [6.07, 6.45) is 9.23. The average molecular weight is 275 g/mol. The van der Waals surface area contributed by atoms with Crippen LogP contribution in [0.5, 0.6) is 0 Å². The van der Waals surface area contributed by atoms with Crippen LogP contribution in [0.4, 0.5) is 0 Å². The zero-order chi connectivity index (χ0) is 14.6. The van der Waals surface area contributed by atoms with Gasteiger partial charge in [0.1, 0.15) is 0 Å². The van der Waals surface area contributed by atoms with E-state index in [0.29, 0.717) is 5.41 Å². The minimum absolute atomic E-state index is 0.482. The van der Waals surface area contributed by atoms with Gasteiger partial charge in [0, 0.05) is 18.9 Å². The molecule has 112 valence electrons. The van der Waals surface area contributed by atoms with Crippen molar-refractivity contribution in [3.8, 4) is 0 Å². The first kappa shape index (κ1) is 15.4. The van der Waals surface area contributed by atoms with E-state index < -0.39 is 0 Å². The van der Waals surface area contributed by atoms with E-state index in [1.807, 2.05) is 19.3 Å². The zero-order valence-electron chi connectivity index (χ0n) is 13.4. The van der Waals surface area contributed by atoms with Gasteiger partial charge in [-0.15, -0.1) is 0 Å². The summed E-state index contributed by atoms with van der Waals surface area (Å²) in [5.41, 5.74) is 2.50. The van der Waals surface area contributed by atoms with Gasteiger partial charge in [0.15, 0.2) is 0 Å². The molecule has 0 aliphatic heterocycles. The van der Waals surface area contributed by atoms with Crippen LogP contribution in [0, 0.1) is 24.2 Å². The molecule has 1 aliphatic rings. The fraction of sp³-hybridized carbons (Fsp3) is 0.765. The highest BCUT2D eigenvalue weighted by atomic mass is 14.9. The fourth-order valence-electron chi connectivity index (χ4n) is 3.15. The number of nitrogens with zero attached hydrogens (tertiary/aromatic N) is 2. The maximum absolute atomic E-state index is 4.38. The molecule has 0 bridgehead atoms. The molecule has 20 heavy (non-hydrogen) atoms. The van der Waals surface area contributed by atoms with E-state index in [1.165, 1.54) is 25.7 Å². The van der Waals surface area contributed by atoms with Crippen molar-refractivity contribution in [2.45, 2.75) is 59.9 Å². The van der Waals surface area contributed by atoms with E-state index in [0.717, 1.165) is 36.3 Å². The summed E-state index contributed by atoms with van der Waals surface area (Å²) in [5, 5.41) is 3.54. The molecule has 1 aromatic heterocycles. The summed E-state index contributed by atoms with van der Waals surface area (Å²) in [5.74, 6) is 1.74. The lowest BCUT2D eigenvalue weighted by atomic mass is 9.70. The highest BCUT2D eigenvalue weighted by molar-refractivity contribution is 5.00. The maximum atomic E-state index is 4.38. The van der Waals surface area contributed by atoms with Crippen LogP contribution in [-0.2, 0) is 6.54 Å². The summed E-state index contributed by atoms with van der Waals surface area (Å²) in [6, 6.07) is 0. The summed E-state index contributed by atoms with van der Waals surface area (Å²) in [6.45, 7) is 11.1. The Kier molecular flexibility index (Phi) is 5.14. The Hall–Kier alpha value is -0.960. The van der Waals surface area contributed by atoms with E-state index in [4.69, 9.17) is 0 Å². The number of hydrogen-bond acceptors (Lipinski definition) is 3. The van der Waals surface area contributed by atoms with Crippen molar-refractivity contribution in [3.05, 3.63) is 23.8 Å². The standard InChI is InChI=1S/C17H29N3/c1-13-9-20-16(12-19-13)11-18-10-14-5-7-15(8-6-14)17(2,3)4/h9,12,14-15,18H,5-8,10-11H2,1-4H3. The van der Waals surface area contributed by atoms with Crippen molar-refractivity contribution in [3.63, 3.8) is 0 Å². The third-order valence-electron chi connectivity index (χ3n) is 4.65. The van der Waals surface area contributed by atoms with Crippen LogP contribution in [-0.4, -0.2) is 16.5 Å². The van der Waals surface area contributed by atoms with E-state index in [-0.39, 0.29) is 0 Å². The molecule has 0 atom stereocenters. The number of rotatable bonds is 4. The highest BCUT2D eigenvalue weighted by Gasteiger charge is 2.29. The summed E-state index contributed by atoms with van der Waals surface area (Å²) in [7, 11) is 0. The molecule has 0 amide bonds. The lowest BCUT2D eigenvalue weighted by Gasteiger charge is -2.37. The predicted molar refractivity (Wildman–Crippen MR) is 83.4 cm³/mol. The molecule has 1 aliphatic carbocycles. The van der Waals surface area contributed by atoms with Gasteiger partial charge in [0.05, 0.1) is 11.4 Å². The van der Waals surface area contributed by atoms with Gasteiger partial charge in [-0.2, -0.15) is 0 Å². The molecule has 1 saturated carbocycles. The number of nitrogens with one attached hydrogen (secondary N) is 1. The van der Waals surface area contributed by atoms with Crippen molar-refractivity contribution < 1.29 is 0 Å². The number of aryl methyl sites for hydroxylation is 1. The third-order valence-corrected chi connectivity index (χ3v) is 4.65. The molecule has 0 radical (unpaired) electrons. The quantitative estimate of drug-likeness (QED) is 0.910. The van der Waals surface area contributed by atoms with Gasteiger partial charge in [-0.05, 0) is 56.4 Å². The highest BCUT2D eigenvalue weighted by Crippen LogP contribution is 2.39. The van der Waals surface area contributed by atoms with Crippen LogP contribution < -0.4 is 5.32 Å². The minimum Gasteiger partial charge on any atom is -0.311 e. The second-order valence-corrected chi connectivity index (χ2v) is 7.36. The first-order valence-electron chi connectivity index (χ1n) is 7.93. The summed E-state index contributed by atoms with van der Waals surface area (Å²) < 4.78 is 0. The normalized spacial score (nSPS) is 23.8. The van der Waals surface area contributed by atoms with Crippen LogP contribution >= 0.6 is 0 Å². The Balaban J connectivity index is 1.67. The SMILES string of the molecule is Cc1cnc(CNCC2CCC(C(C)(C)C)CC2)cn1. The van der Waals surface area contributed by atoms with Crippen LogP contribution in [0.3, 0.4) is 0 Å². The molecule has 1 fully saturated rings.